The van der Waals surface area contributed by atoms with Crippen LogP contribution in [0.1, 0.15) is 10.4 Å². The smallest absolute Gasteiger partial charge is 0.349 e. The van der Waals surface area contributed by atoms with E-state index < -0.39 is 5.97 Å². The molecule has 0 unspecified atom stereocenters. The van der Waals surface area contributed by atoms with Crippen LogP contribution in [-0.2, 0) is 0 Å². The number of benzene rings is 1. The first-order chi connectivity index (χ1) is 7.81. The SMILES string of the molecule is CSc1nocc1C(=O)Oc1ccccc1. The molecular formula is C11H9NO3S. The minimum absolute atomic E-state index is 0.344. The summed E-state index contributed by atoms with van der Waals surface area (Å²) < 4.78 is 9.87. The molecule has 0 amide bonds. The van der Waals surface area contributed by atoms with Crippen molar-refractivity contribution in [1.82, 2.24) is 5.16 Å². The number of rotatable bonds is 3. The maximum Gasteiger partial charge on any atom is 0.349 e. The third-order valence-electron chi connectivity index (χ3n) is 1.90. The summed E-state index contributed by atoms with van der Waals surface area (Å²) in [5.41, 5.74) is 0.344. The number of carbonyl (C=O) groups excluding carboxylic acids is 1. The first-order valence-electron chi connectivity index (χ1n) is 4.57. The number of hydrogen-bond donors (Lipinski definition) is 0. The van der Waals surface area contributed by atoms with Gasteiger partial charge in [0.15, 0.2) is 5.03 Å². The van der Waals surface area contributed by atoms with Crippen molar-refractivity contribution in [2.75, 3.05) is 6.26 Å². The summed E-state index contributed by atoms with van der Waals surface area (Å²) in [5.74, 6) is 0.0394. The van der Waals surface area contributed by atoms with Gasteiger partial charge in [-0.15, -0.1) is 11.8 Å². The molecule has 1 heterocycles. The van der Waals surface area contributed by atoms with Crippen LogP contribution in [0.4, 0.5) is 0 Å². The molecule has 0 atom stereocenters. The standard InChI is InChI=1S/C11H9NO3S/c1-16-10-9(7-14-12-10)11(13)15-8-5-3-2-4-6-8/h2-7H,1H3. The van der Waals surface area contributed by atoms with Crippen LogP contribution in [0.2, 0.25) is 0 Å². The van der Waals surface area contributed by atoms with Crippen molar-refractivity contribution in [3.8, 4) is 5.75 Å². The van der Waals surface area contributed by atoms with Gasteiger partial charge >= 0.3 is 5.97 Å². The van der Waals surface area contributed by atoms with Crippen molar-refractivity contribution in [2.45, 2.75) is 5.03 Å². The zero-order valence-corrected chi connectivity index (χ0v) is 9.36. The molecule has 4 nitrogen and oxygen atoms in total. The Hall–Kier alpha value is -1.75. The molecule has 2 rings (SSSR count). The van der Waals surface area contributed by atoms with Gasteiger partial charge in [-0.25, -0.2) is 4.79 Å². The van der Waals surface area contributed by atoms with E-state index >= 15 is 0 Å². The molecule has 0 aliphatic carbocycles. The molecule has 82 valence electrons. The Bertz CT molecular complexity index is 481. The number of ether oxygens (including phenoxy) is 1. The lowest BCUT2D eigenvalue weighted by Crippen LogP contribution is -2.08. The Labute approximate surface area is 96.6 Å². The average Bonchev–Trinajstić information content (AvgIpc) is 2.78. The summed E-state index contributed by atoms with van der Waals surface area (Å²) >= 11 is 1.34. The van der Waals surface area contributed by atoms with Crippen molar-refractivity contribution >= 4 is 17.7 Å². The van der Waals surface area contributed by atoms with Gasteiger partial charge in [0.2, 0.25) is 0 Å². The summed E-state index contributed by atoms with van der Waals surface area (Å²) in [6.07, 6.45) is 3.11. The largest absolute Gasteiger partial charge is 0.423 e. The van der Waals surface area contributed by atoms with Crippen LogP contribution in [0.15, 0.2) is 46.1 Å². The van der Waals surface area contributed by atoms with Gasteiger partial charge in [-0.2, -0.15) is 0 Å². The predicted octanol–water partition coefficient (Wildman–Crippen LogP) is 2.62. The first kappa shape index (κ1) is 10.8. The third kappa shape index (κ3) is 2.25. The topological polar surface area (TPSA) is 52.3 Å². The predicted molar refractivity (Wildman–Crippen MR) is 59.7 cm³/mol. The third-order valence-corrected chi connectivity index (χ3v) is 2.58. The van der Waals surface area contributed by atoms with Crippen LogP contribution in [0.5, 0.6) is 5.75 Å². The zero-order valence-electron chi connectivity index (χ0n) is 8.54. The lowest BCUT2D eigenvalue weighted by Gasteiger charge is -2.01. The molecule has 0 aliphatic rings. The van der Waals surface area contributed by atoms with Crippen molar-refractivity contribution in [2.24, 2.45) is 0 Å². The van der Waals surface area contributed by atoms with Gasteiger partial charge in [0, 0.05) is 0 Å². The lowest BCUT2D eigenvalue weighted by atomic mass is 10.3. The van der Waals surface area contributed by atoms with Crippen LogP contribution >= 0.6 is 11.8 Å². The molecule has 1 aromatic heterocycles. The second-order valence-electron chi connectivity index (χ2n) is 2.94. The second kappa shape index (κ2) is 4.85. The molecule has 1 aromatic carbocycles. The molecule has 0 saturated heterocycles. The minimum atomic E-state index is -0.461. The highest BCUT2D eigenvalue weighted by Gasteiger charge is 2.17. The molecule has 16 heavy (non-hydrogen) atoms. The van der Waals surface area contributed by atoms with E-state index in [1.165, 1.54) is 18.0 Å². The molecule has 0 radical (unpaired) electrons. The molecule has 0 fully saturated rings. The van der Waals surface area contributed by atoms with Gasteiger partial charge < -0.3 is 9.26 Å². The average molecular weight is 235 g/mol. The Kier molecular flexibility index (Phi) is 3.26. The normalized spacial score (nSPS) is 10.1. The highest BCUT2D eigenvalue weighted by Crippen LogP contribution is 2.20. The van der Waals surface area contributed by atoms with Crippen molar-refractivity contribution in [3.05, 3.63) is 42.2 Å². The first-order valence-corrected chi connectivity index (χ1v) is 5.79. The molecule has 0 aliphatic heterocycles. The van der Waals surface area contributed by atoms with Gasteiger partial charge in [-0.05, 0) is 18.4 Å². The number of para-hydroxylation sites is 1. The molecule has 0 spiro atoms. The van der Waals surface area contributed by atoms with E-state index in [2.05, 4.69) is 5.16 Å². The molecule has 0 N–H and O–H groups in total. The highest BCUT2D eigenvalue weighted by atomic mass is 32.2. The molecular weight excluding hydrogens is 226 g/mol. The summed E-state index contributed by atoms with van der Waals surface area (Å²) in [4.78, 5) is 11.7. The minimum Gasteiger partial charge on any atom is -0.423 e. The van der Waals surface area contributed by atoms with Crippen LogP contribution < -0.4 is 4.74 Å². The number of carbonyl (C=O) groups is 1. The van der Waals surface area contributed by atoms with Crippen molar-refractivity contribution in [1.29, 1.82) is 0 Å². The van der Waals surface area contributed by atoms with E-state index in [0.29, 0.717) is 16.3 Å². The fraction of sp³-hybridized carbons (Fsp3) is 0.0909. The van der Waals surface area contributed by atoms with E-state index in [1.54, 1.807) is 24.3 Å². The summed E-state index contributed by atoms with van der Waals surface area (Å²) in [6.45, 7) is 0. The summed E-state index contributed by atoms with van der Waals surface area (Å²) in [6, 6.07) is 8.87. The fourth-order valence-electron chi connectivity index (χ4n) is 1.16. The molecule has 5 heteroatoms. The van der Waals surface area contributed by atoms with Gasteiger partial charge in [0.1, 0.15) is 17.6 Å². The Morgan fingerprint density at radius 3 is 2.81 bits per heavy atom. The maximum atomic E-state index is 11.7. The van der Waals surface area contributed by atoms with E-state index in [9.17, 15) is 4.79 Å². The molecule has 2 aromatic rings. The Balaban J connectivity index is 2.15. The summed E-state index contributed by atoms with van der Waals surface area (Å²) in [5, 5.41) is 4.21. The van der Waals surface area contributed by atoms with Crippen LogP contribution in [0, 0.1) is 0 Å². The quantitative estimate of drug-likeness (QED) is 0.465. The molecule has 0 bridgehead atoms. The van der Waals surface area contributed by atoms with Gasteiger partial charge in [0.25, 0.3) is 0 Å². The van der Waals surface area contributed by atoms with Gasteiger partial charge in [-0.3, -0.25) is 0 Å². The van der Waals surface area contributed by atoms with Gasteiger partial charge in [0.05, 0.1) is 0 Å². The zero-order chi connectivity index (χ0) is 11.4. The second-order valence-corrected chi connectivity index (χ2v) is 3.74. The number of aromatic nitrogens is 1. The highest BCUT2D eigenvalue weighted by molar-refractivity contribution is 7.98. The fourth-order valence-corrected chi connectivity index (χ4v) is 1.63. The summed E-state index contributed by atoms with van der Waals surface area (Å²) in [7, 11) is 0. The Morgan fingerprint density at radius 2 is 2.12 bits per heavy atom. The van der Waals surface area contributed by atoms with Crippen LogP contribution in [-0.4, -0.2) is 17.4 Å². The van der Waals surface area contributed by atoms with Crippen molar-refractivity contribution in [3.63, 3.8) is 0 Å². The number of hydrogen-bond acceptors (Lipinski definition) is 5. The number of esters is 1. The van der Waals surface area contributed by atoms with Crippen LogP contribution in [0.3, 0.4) is 0 Å². The van der Waals surface area contributed by atoms with E-state index in [1.807, 2.05) is 12.3 Å². The van der Waals surface area contributed by atoms with Gasteiger partial charge in [-0.1, -0.05) is 23.4 Å². The maximum absolute atomic E-state index is 11.7. The molecule has 0 saturated carbocycles. The van der Waals surface area contributed by atoms with Crippen molar-refractivity contribution < 1.29 is 14.1 Å². The lowest BCUT2D eigenvalue weighted by molar-refractivity contribution is 0.0731. The number of nitrogens with zero attached hydrogens (tertiary/aromatic N) is 1. The van der Waals surface area contributed by atoms with E-state index in [-0.39, 0.29) is 0 Å². The van der Waals surface area contributed by atoms with E-state index in [4.69, 9.17) is 9.26 Å². The van der Waals surface area contributed by atoms with Crippen LogP contribution in [0.25, 0.3) is 0 Å². The van der Waals surface area contributed by atoms with E-state index in [0.717, 1.165) is 0 Å². The monoisotopic (exact) mass is 235 g/mol. The number of thioether (sulfide) groups is 1. The Morgan fingerprint density at radius 1 is 1.38 bits per heavy atom.